The smallest absolute Gasteiger partial charge is 0.337 e. The monoisotopic (exact) mass is 305 g/mol. The van der Waals surface area contributed by atoms with E-state index in [1.54, 1.807) is 12.1 Å². The molecule has 1 heterocycles. The summed E-state index contributed by atoms with van der Waals surface area (Å²) in [6.07, 6.45) is 2.25. The number of nitrogens with zero attached hydrogens (tertiary/aromatic N) is 1. The van der Waals surface area contributed by atoms with Crippen molar-refractivity contribution in [2.24, 2.45) is 0 Å². The van der Waals surface area contributed by atoms with Crippen molar-refractivity contribution < 1.29 is 19.1 Å². The Bertz CT molecular complexity index is 512. The van der Waals surface area contributed by atoms with Gasteiger partial charge < -0.3 is 14.4 Å². The standard InChI is InChI=1S/C17H23NO4/c1-3-15-12-18(10-11-22-15)16(19)9-6-13-4-7-14(8-5-13)17(20)21-2/h4-5,7-8,15H,3,6,9-12H2,1-2H3/t15-/m1/s1. The molecule has 1 amide bonds. The maximum absolute atomic E-state index is 12.3. The molecule has 0 N–H and O–H groups in total. The summed E-state index contributed by atoms with van der Waals surface area (Å²) in [6, 6.07) is 7.20. The predicted octanol–water partition coefficient (Wildman–Crippen LogP) is 2.04. The van der Waals surface area contributed by atoms with Gasteiger partial charge in [0, 0.05) is 19.5 Å². The summed E-state index contributed by atoms with van der Waals surface area (Å²) in [4.78, 5) is 25.5. The fourth-order valence-corrected chi connectivity index (χ4v) is 2.53. The van der Waals surface area contributed by atoms with Crippen molar-refractivity contribution in [3.05, 3.63) is 35.4 Å². The van der Waals surface area contributed by atoms with Crippen molar-refractivity contribution in [2.75, 3.05) is 26.8 Å². The summed E-state index contributed by atoms with van der Waals surface area (Å²) in [5, 5.41) is 0. The molecule has 0 aliphatic carbocycles. The molecule has 0 bridgehead atoms. The number of hydrogen-bond acceptors (Lipinski definition) is 4. The van der Waals surface area contributed by atoms with E-state index in [1.165, 1.54) is 7.11 Å². The number of amides is 1. The van der Waals surface area contributed by atoms with Crippen LogP contribution in [0.4, 0.5) is 0 Å². The van der Waals surface area contributed by atoms with Crippen LogP contribution in [0.15, 0.2) is 24.3 Å². The van der Waals surface area contributed by atoms with Gasteiger partial charge in [0.15, 0.2) is 0 Å². The van der Waals surface area contributed by atoms with Gasteiger partial charge in [-0.25, -0.2) is 4.79 Å². The van der Waals surface area contributed by atoms with Crippen molar-refractivity contribution in [1.82, 2.24) is 4.90 Å². The molecule has 0 aromatic heterocycles. The number of esters is 1. The highest BCUT2D eigenvalue weighted by molar-refractivity contribution is 5.89. The molecule has 5 nitrogen and oxygen atoms in total. The quantitative estimate of drug-likeness (QED) is 0.781. The van der Waals surface area contributed by atoms with E-state index in [2.05, 4.69) is 11.7 Å². The maximum atomic E-state index is 12.3. The van der Waals surface area contributed by atoms with Gasteiger partial charge in [0.2, 0.25) is 5.91 Å². The highest BCUT2D eigenvalue weighted by Crippen LogP contribution is 2.12. The van der Waals surface area contributed by atoms with Gasteiger partial charge in [-0.1, -0.05) is 19.1 Å². The Morgan fingerprint density at radius 3 is 2.68 bits per heavy atom. The number of hydrogen-bond donors (Lipinski definition) is 0. The molecule has 1 aromatic carbocycles. The van der Waals surface area contributed by atoms with Crippen molar-refractivity contribution in [1.29, 1.82) is 0 Å². The largest absolute Gasteiger partial charge is 0.465 e. The Balaban J connectivity index is 1.84. The minimum Gasteiger partial charge on any atom is -0.465 e. The topological polar surface area (TPSA) is 55.8 Å². The Hall–Kier alpha value is -1.88. The van der Waals surface area contributed by atoms with Crippen LogP contribution < -0.4 is 0 Å². The van der Waals surface area contributed by atoms with Crippen LogP contribution in [0.3, 0.4) is 0 Å². The van der Waals surface area contributed by atoms with Crippen LogP contribution in [0.1, 0.15) is 35.7 Å². The molecule has 1 aliphatic heterocycles. The number of morpholine rings is 1. The lowest BCUT2D eigenvalue weighted by Crippen LogP contribution is -2.45. The van der Waals surface area contributed by atoms with E-state index in [4.69, 9.17) is 4.74 Å². The average Bonchev–Trinajstić information content (AvgIpc) is 2.59. The predicted molar refractivity (Wildman–Crippen MR) is 82.7 cm³/mol. The van der Waals surface area contributed by atoms with Gasteiger partial charge in [0.05, 0.1) is 25.4 Å². The second-order valence-electron chi connectivity index (χ2n) is 5.43. The fraction of sp³-hybridized carbons (Fsp3) is 0.529. The van der Waals surface area contributed by atoms with Gasteiger partial charge in [0.1, 0.15) is 0 Å². The van der Waals surface area contributed by atoms with Crippen LogP contribution in [0.25, 0.3) is 0 Å². The molecule has 2 rings (SSSR count). The summed E-state index contributed by atoms with van der Waals surface area (Å²) >= 11 is 0. The van der Waals surface area contributed by atoms with Crippen molar-refractivity contribution in [3.8, 4) is 0 Å². The van der Waals surface area contributed by atoms with E-state index < -0.39 is 0 Å². The van der Waals surface area contributed by atoms with Crippen LogP contribution in [-0.4, -0.2) is 49.7 Å². The van der Waals surface area contributed by atoms with Gasteiger partial charge in [-0.3, -0.25) is 4.79 Å². The highest BCUT2D eigenvalue weighted by Gasteiger charge is 2.22. The van der Waals surface area contributed by atoms with Gasteiger partial charge in [-0.05, 0) is 30.5 Å². The third kappa shape index (κ3) is 4.31. The van der Waals surface area contributed by atoms with Gasteiger partial charge in [0.25, 0.3) is 0 Å². The third-order valence-corrected chi connectivity index (χ3v) is 3.95. The summed E-state index contributed by atoms with van der Waals surface area (Å²) in [7, 11) is 1.36. The molecule has 1 saturated heterocycles. The molecule has 0 spiro atoms. The van der Waals surface area contributed by atoms with Crippen LogP contribution >= 0.6 is 0 Å². The average molecular weight is 305 g/mol. The number of methoxy groups -OCH3 is 1. The zero-order valence-electron chi connectivity index (χ0n) is 13.2. The molecular weight excluding hydrogens is 282 g/mol. The van der Waals surface area contributed by atoms with Crippen molar-refractivity contribution >= 4 is 11.9 Å². The summed E-state index contributed by atoms with van der Waals surface area (Å²) in [5.74, 6) is -0.180. The molecule has 0 unspecified atom stereocenters. The molecule has 1 aliphatic rings. The first-order chi connectivity index (χ1) is 10.6. The normalized spacial score (nSPS) is 18.1. The Morgan fingerprint density at radius 1 is 1.32 bits per heavy atom. The molecule has 0 saturated carbocycles. The lowest BCUT2D eigenvalue weighted by Gasteiger charge is -2.32. The zero-order valence-corrected chi connectivity index (χ0v) is 13.2. The Kier molecular flexibility index (Phi) is 5.95. The first kappa shape index (κ1) is 16.5. The number of benzene rings is 1. The second-order valence-corrected chi connectivity index (χ2v) is 5.43. The highest BCUT2D eigenvalue weighted by atomic mass is 16.5. The number of aryl methyl sites for hydroxylation is 1. The van der Waals surface area contributed by atoms with Gasteiger partial charge in [-0.15, -0.1) is 0 Å². The zero-order chi connectivity index (χ0) is 15.9. The number of ether oxygens (including phenoxy) is 2. The van der Waals surface area contributed by atoms with E-state index in [9.17, 15) is 9.59 Å². The Morgan fingerprint density at radius 2 is 2.05 bits per heavy atom. The van der Waals surface area contributed by atoms with E-state index in [1.807, 2.05) is 17.0 Å². The van der Waals surface area contributed by atoms with Gasteiger partial charge >= 0.3 is 5.97 Å². The van der Waals surface area contributed by atoms with Crippen LogP contribution in [0.2, 0.25) is 0 Å². The second kappa shape index (κ2) is 7.94. The van der Waals surface area contributed by atoms with Crippen LogP contribution in [0, 0.1) is 0 Å². The SMILES string of the molecule is CC[C@@H]1CN(C(=O)CCc2ccc(C(=O)OC)cc2)CCO1. The molecule has 0 radical (unpaired) electrons. The molecule has 5 heteroatoms. The lowest BCUT2D eigenvalue weighted by atomic mass is 10.1. The van der Waals surface area contributed by atoms with Crippen LogP contribution in [0.5, 0.6) is 0 Å². The van der Waals surface area contributed by atoms with E-state index in [0.717, 1.165) is 12.0 Å². The molecule has 1 fully saturated rings. The van der Waals surface area contributed by atoms with E-state index >= 15 is 0 Å². The fourth-order valence-electron chi connectivity index (χ4n) is 2.53. The summed E-state index contributed by atoms with van der Waals surface area (Å²) < 4.78 is 10.2. The molecule has 1 aromatic rings. The first-order valence-corrected chi connectivity index (χ1v) is 7.70. The van der Waals surface area contributed by atoms with Crippen molar-refractivity contribution in [2.45, 2.75) is 32.3 Å². The number of carbonyl (C=O) groups excluding carboxylic acids is 2. The van der Waals surface area contributed by atoms with E-state index in [-0.39, 0.29) is 18.0 Å². The lowest BCUT2D eigenvalue weighted by molar-refractivity contribution is -0.138. The summed E-state index contributed by atoms with van der Waals surface area (Å²) in [5.41, 5.74) is 1.57. The Labute approximate surface area is 131 Å². The molecule has 1 atom stereocenters. The first-order valence-electron chi connectivity index (χ1n) is 7.70. The number of rotatable bonds is 5. The number of carbonyl (C=O) groups is 2. The molecule has 120 valence electrons. The molecule has 22 heavy (non-hydrogen) atoms. The van der Waals surface area contributed by atoms with Crippen molar-refractivity contribution in [3.63, 3.8) is 0 Å². The van der Waals surface area contributed by atoms with Crippen LogP contribution in [-0.2, 0) is 20.7 Å². The maximum Gasteiger partial charge on any atom is 0.337 e. The third-order valence-electron chi connectivity index (χ3n) is 3.95. The minimum absolute atomic E-state index is 0.164. The van der Waals surface area contributed by atoms with Gasteiger partial charge in [-0.2, -0.15) is 0 Å². The van der Waals surface area contributed by atoms with E-state index in [0.29, 0.717) is 38.1 Å². The molecular formula is C17H23NO4. The summed E-state index contributed by atoms with van der Waals surface area (Å²) in [6.45, 7) is 4.06. The minimum atomic E-state index is -0.346.